The predicted molar refractivity (Wildman–Crippen MR) is 193 cm³/mol. The molecule has 3 fully saturated rings. The number of ether oxygens (including phenoxy) is 2. The van der Waals surface area contributed by atoms with E-state index in [1.165, 1.54) is 6.20 Å². The molecule has 3 N–H and O–H groups in total. The van der Waals surface area contributed by atoms with Crippen LogP contribution in [0.2, 0.25) is 0 Å². The Hall–Kier alpha value is -5.20. The summed E-state index contributed by atoms with van der Waals surface area (Å²) in [4.78, 5) is 39.9. The number of nitrogens with zero attached hydrogens (tertiary/aromatic N) is 4. The van der Waals surface area contributed by atoms with Crippen LogP contribution < -0.4 is 15.5 Å². The van der Waals surface area contributed by atoms with E-state index in [0.717, 1.165) is 53.8 Å². The summed E-state index contributed by atoms with van der Waals surface area (Å²) in [5.74, 6) is -0.264. The third kappa shape index (κ3) is 6.81. The van der Waals surface area contributed by atoms with Gasteiger partial charge in [-0.05, 0) is 60.4 Å². The summed E-state index contributed by atoms with van der Waals surface area (Å²) in [6.45, 7) is 2.69. The highest BCUT2D eigenvalue weighted by Crippen LogP contribution is 2.40. The maximum Gasteiger partial charge on any atom is 0.275 e. The van der Waals surface area contributed by atoms with Crippen molar-refractivity contribution in [1.82, 2.24) is 20.2 Å². The first-order valence-electron chi connectivity index (χ1n) is 17.4. The lowest BCUT2D eigenvalue weighted by molar-refractivity contribution is -0.253. The molecule has 260 valence electrons. The zero-order chi connectivity index (χ0) is 34.8. The molecule has 4 aromatic carbocycles. The summed E-state index contributed by atoms with van der Waals surface area (Å²) in [5, 5.41) is 15.7. The van der Waals surface area contributed by atoms with Gasteiger partial charge in [-0.2, -0.15) is 0 Å². The smallest absolute Gasteiger partial charge is 0.275 e. The number of nitrogens with one attached hydrogen (secondary N) is 2. The Morgan fingerprint density at radius 3 is 2.45 bits per heavy atom. The van der Waals surface area contributed by atoms with Gasteiger partial charge in [-0.3, -0.25) is 14.6 Å². The molecule has 8 rings (SSSR count). The first-order valence-corrected chi connectivity index (χ1v) is 17.4. The van der Waals surface area contributed by atoms with Gasteiger partial charge in [-0.15, -0.1) is 0 Å². The largest absolute Gasteiger partial charge is 0.392 e. The average molecular weight is 685 g/mol. The number of para-hydroxylation sites is 3. The number of amides is 2. The van der Waals surface area contributed by atoms with Crippen LogP contribution in [0.3, 0.4) is 0 Å². The van der Waals surface area contributed by atoms with Gasteiger partial charge < -0.3 is 35.0 Å². The number of anilines is 2. The summed E-state index contributed by atoms with van der Waals surface area (Å²) in [5.41, 5.74) is 5.29. The Morgan fingerprint density at radius 1 is 0.902 bits per heavy atom. The SMILES string of the molecule is O=C(Nc1cccc([C@H]2O[C@@H](CN3CCC4(CC3)C(=O)NCN4c3ccccc3)C[C@@H](c3ccc(CO)cc3)O2)c1)c1cnc2ccccc2n1. The first-order chi connectivity index (χ1) is 25.0. The fraction of sp³-hybridized carbons (Fsp3) is 0.300. The number of piperidine rings is 1. The molecule has 0 unspecified atom stereocenters. The van der Waals surface area contributed by atoms with Gasteiger partial charge in [0.25, 0.3) is 5.91 Å². The van der Waals surface area contributed by atoms with Crippen LogP contribution in [-0.2, 0) is 20.9 Å². The van der Waals surface area contributed by atoms with Crippen molar-refractivity contribution < 1.29 is 24.2 Å². The molecule has 4 heterocycles. The molecule has 1 spiro atoms. The van der Waals surface area contributed by atoms with Gasteiger partial charge in [0.2, 0.25) is 5.91 Å². The van der Waals surface area contributed by atoms with Crippen molar-refractivity contribution in [2.24, 2.45) is 0 Å². The van der Waals surface area contributed by atoms with Crippen molar-refractivity contribution in [3.8, 4) is 0 Å². The summed E-state index contributed by atoms with van der Waals surface area (Å²) < 4.78 is 13.3. The van der Waals surface area contributed by atoms with Gasteiger partial charge in [0, 0.05) is 43.0 Å². The second kappa shape index (κ2) is 14.2. The van der Waals surface area contributed by atoms with Crippen LogP contribution in [0, 0.1) is 0 Å². The van der Waals surface area contributed by atoms with Crippen molar-refractivity contribution >= 4 is 34.2 Å². The third-order valence-corrected chi connectivity index (χ3v) is 10.3. The molecule has 0 saturated carbocycles. The normalized spacial score (nSPS) is 21.9. The molecule has 3 saturated heterocycles. The molecule has 3 aliphatic rings. The molecule has 3 aliphatic heterocycles. The lowest BCUT2D eigenvalue weighted by atomic mass is 9.85. The minimum Gasteiger partial charge on any atom is -0.392 e. The van der Waals surface area contributed by atoms with Crippen LogP contribution in [0.15, 0.2) is 109 Å². The summed E-state index contributed by atoms with van der Waals surface area (Å²) in [7, 11) is 0. The van der Waals surface area contributed by atoms with E-state index >= 15 is 0 Å². The van der Waals surface area contributed by atoms with E-state index in [9.17, 15) is 14.7 Å². The molecule has 3 atom stereocenters. The number of likely N-dealkylation sites (tertiary alicyclic amines) is 1. The van der Waals surface area contributed by atoms with Crippen molar-refractivity contribution in [3.63, 3.8) is 0 Å². The molecular weight excluding hydrogens is 644 g/mol. The van der Waals surface area contributed by atoms with E-state index in [-0.39, 0.29) is 36.3 Å². The Balaban J connectivity index is 0.988. The number of carbonyl (C=O) groups is 2. The number of fused-ring (bicyclic) bond motifs is 1. The minimum absolute atomic E-state index is 0.0281. The molecule has 0 bridgehead atoms. The first kappa shape index (κ1) is 33.0. The van der Waals surface area contributed by atoms with Gasteiger partial charge in [-0.1, -0.05) is 66.7 Å². The number of aliphatic hydroxyl groups excluding tert-OH is 1. The zero-order valence-corrected chi connectivity index (χ0v) is 28.2. The lowest BCUT2D eigenvalue weighted by Crippen LogP contribution is -2.57. The molecule has 1 aromatic heterocycles. The quantitative estimate of drug-likeness (QED) is 0.198. The molecule has 11 heteroatoms. The third-order valence-electron chi connectivity index (χ3n) is 10.3. The summed E-state index contributed by atoms with van der Waals surface area (Å²) >= 11 is 0. The highest BCUT2D eigenvalue weighted by Gasteiger charge is 2.50. The molecule has 2 amide bonds. The zero-order valence-electron chi connectivity index (χ0n) is 28.2. The van der Waals surface area contributed by atoms with Gasteiger partial charge in [0.1, 0.15) is 11.2 Å². The molecular formula is C40H40N6O5. The topological polar surface area (TPSA) is 129 Å². The van der Waals surface area contributed by atoms with E-state index in [1.807, 2.05) is 91.0 Å². The Morgan fingerprint density at radius 2 is 1.67 bits per heavy atom. The Labute approximate surface area is 296 Å². The molecule has 11 nitrogen and oxygen atoms in total. The number of aliphatic hydroxyl groups is 1. The molecule has 0 radical (unpaired) electrons. The van der Waals surface area contributed by atoms with E-state index in [4.69, 9.17) is 9.47 Å². The monoisotopic (exact) mass is 684 g/mol. The van der Waals surface area contributed by atoms with Crippen molar-refractivity contribution in [2.45, 2.75) is 49.9 Å². The standard InChI is InChI=1S/C40H40N6O5/c47-25-27-13-15-28(16-14-27)36-22-32(24-45-19-17-40(18-20-45)39(49)42-26-46(40)31-9-2-1-3-10-31)50-38(51-36)29-7-6-8-30(21-29)43-37(48)35-23-41-33-11-4-5-12-34(33)44-35/h1-16,21,23,32,36,38,47H,17-20,22,24-26H2,(H,42,49)(H,43,48)/t32-,36+,38+/m1/s1. The van der Waals surface area contributed by atoms with Crippen LogP contribution in [0.25, 0.3) is 11.0 Å². The van der Waals surface area contributed by atoms with E-state index < -0.39 is 11.8 Å². The number of hydrogen-bond acceptors (Lipinski definition) is 9. The van der Waals surface area contributed by atoms with Crippen LogP contribution in [0.5, 0.6) is 0 Å². The number of benzene rings is 4. The number of aromatic nitrogens is 2. The molecule has 0 aliphatic carbocycles. The number of carbonyl (C=O) groups excluding carboxylic acids is 2. The van der Waals surface area contributed by atoms with E-state index in [2.05, 4.69) is 42.5 Å². The molecule has 51 heavy (non-hydrogen) atoms. The maximum absolute atomic E-state index is 13.2. The predicted octanol–water partition coefficient (Wildman–Crippen LogP) is 5.35. The summed E-state index contributed by atoms with van der Waals surface area (Å²) in [6.07, 6.45) is 2.46. The van der Waals surface area contributed by atoms with Gasteiger partial charge >= 0.3 is 0 Å². The van der Waals surface area contributed by atoms with Gasteiger partial charge in [0.15, 0.2) is 6.29 Å². The van der Waals surface area contributed by atoms with Gasteiger partial charge in [-0.25, -0.2) is 4.98 Å². The average Bonchev–Trinajstić information content (AvgIpc) is 3.50. The van der Waals surface area contributed by atoms with Crippen LogP contribution >= 0.6 is 0 Å². The molecule has 5 aromatic rings. The highest BCUT2D eigenvalue weighted by atomic mass is 16.7. The Bertz CT molecular complexity index is 2020. The van der Waals surface area contributed by atoms with Gasteiger partial charge in [0.05, 0.1) is 42.7 Å². The van der Waals surface area contributed by atoms with Crippen LogP contribution in [-0.4, -0.2) is 69.7 Å². The Kier molecular flexibility index (Phi) is 9.18. The van der Waals surface area contributed by atoms with Crippen molar-refractivity contribution in [1.29, 1.82) is 0 Å². The van der Waals surface area contributed by atoms with E-state index in [1.54, 1.807) is 0 Å². The summed E-state index contributed by atoms with van der Waals surface area (Å²) in [6, 6.07) is 32.9. The van der Waals surface area contributed by atoms with Crippen molar-refractivity contribution in [3.05, 3.63) is 132 Å². The fourth-order valence-electron chi connectivity index (χ4n) is 7.48. The van der Waals surface area contributed by atoms with Crippen molar-refractivity contribution in [2.75, 3.05) is 36.5 Å². The maximum atomic E-state index is 13.2. The second-order valence-electron chi connectivity index (χ2n) is 13.4. The lowest BCUT2D eigenvalue weighted by Gasteiger charge is -2.45. The number of rotatable bonds is 8. The fourth-order valence-corrected chi connectivity index (χ4v) is 7.48. The van der Waals surface area contributed by atoms with Crippen LogP contribution in [0.1, 0.15) is 58.8 Å². The minimum atomic E-state index is -0.686. The van der Waals surface area contributed by atoms with Crippen LogP contribution in [0.4, 0.5) is 11.4 Å². The second-order valence-corrected chi connectivity index (χ2v) is 13.4. The van der Waals surface area contributed by atoms with E-state index in [0.29, 0.717) is 30.8 Å². The number of hydrogen-bond donors (Lipinski definition) is 3. The highest BCUT2D eigenvalue weighted by molar-refractivity contribution is 6.03.